The average Bonchev–Trinajstić information content (AvgIpc) is 2.43. The smallest absolute Gasteiger partial charge is 0.120 e. The van der Waals surface area contributed by atoms with Gasteiger partial charge in [0.05, 0.1) is 0 Å². The molecule has 0 aromatic carbocycles. The van der Waals surface area contributed by atoms with Gasteiger partial charge >= 0.3 is 0 Å². The van der Waals surface area contributed by atoms with Crippen molar-refractivity contribution in [2.75, 3.05) is 0 Å². The molecule has 1 heteroatoms. The summed E-state index contributed by atoms with van der Waals surface area (Å²) < 4.78 is 0. The largest absolute Gasteiger partial charge is 0.234 e. The Morgan fingerprint density at radius 1 is 0.684 bits per heavy atom. The van der Waals surface area contributed by atoms with Crippen LogP contribution in [0.4, 0.5) is 0 Å². The first-order valence-electron chi connectivity index (χ1n) is 8.26. The molecule has 0 amide bonds. The molecule has 0 aliphatic rings. The molecule has 0 aliphatic heterocycles. The lowest BCUT2D eigenvalue weighted by atomic mass is 10.1. The number of rotatable bonds is 14. The molecular formula is C18H32O. The van der Waals surface area contributed by atoms with Crippen molar-refractivity contribution < 1.29 is 4.79 Å². The van der Waals surface area contributed by atoms with Gasteiger partial charge < -0.3 is 0 Å². The highest BCUT2D eigenvalue weighted by atomic mass is 16.1. The Balaban J connectivity index is 3.00. The van der Waals surface area contributed by atoms with Crippen LogP contribution in [-0.2, 0) is 4.79 Å². The fourth-order valence-corrected chi connectivity index (χ4v) is 2.21. The zero-order valence-corrected chi connectivity index (χ0v) is 12.8. The van der Waals surface area contributed by atoms with Crippen molar-refractivity contribution >= 4 is 5.94 Å². The van der Waals surface area contributed by atoms with Crippen LogP contribution in [0.3, 0.4) is 0 Å². The van der Waals surface area contributed by atoms with Crippen LogP contribution in [0.2, 0.25) is 0 Å². The molecule has 0 aromatic heterocycles. The summed E-state index contributed by atoms with van der Waals surface area (Å²) in [5.41, 5.74) is 0. The Kier molecular flexibility index (Phi) is 16.5. The van der Waals surface area contributed by atoms with Crippen LogP contribution < -0.4 is 0 Å². The van der Waals surface area contributed by atoms with E-state index >= 15 is 0 Å². The zero-order chi connectivity index (χ0) is 14.0. The summed E-state index contributed by atoms with van der Waals surface area (Å²) in [6.07, 6.45) is 23.0. The Morgan fingerprint density at radius 2 is 1.16 bits per heavy atom. The molecule has 0 unspecified atom stereocenters. The molecule has 0 saturated carbocycles. The van der Waals surface area contributed by atoms with Crippen LogP contribution in [0.5, 0.6) is 0 Å². The third-order valence-electron chi connectivity index (χ3n) is 3.42. The maximum absolute atomic E-state index is 9.95. The van der Waals surface area contributed by atoms with Crippen LogP contribution in [-0.4, -0.2) is 5.94 Å². The summed E-state index contributed by atoms with van der Waals surface area (Å²) >= 11 is 0. The quantitative estimate of drug-likeness (QED) is 0.213. The molecule has 0 rings (SSSR count). The lowest BCUT2D eigenvalue weighted by Gasteiger charge is -2.01. The minimum atomic E-state index is 0.912. The van der Waals surface area contributed by atoms with E-state index in [-0.39, 0.29) is 0 Å². The highest BCUT2D eigenvalue weighted by Gasteiger charge is 1.92. The van der Waals surface area contributed by atoms with E-state index in [2.05, 4.69) is 19.1 Å². The van der Waals surface area contributed by atoms with Crippen molar-refractivity contribution in [1.82, 2.24) is 0 Å². The van der Waals surface area contributed by atoms with Crippen LogP contribution in [0.1, 0.15) is 90.4 Å². The Labute approximate surface area is 120 Å². The Bertz CT molecular complexity index is 236. The van der Waals surface area contributed by atoms with Gasteiger partial charge in [-0.15, -0.1) is 0 Å². The van der Waals surface area contributed by atoms with Gasteiger partial charge in [-0.2, -0.15) is 0 Å². The molecule has 110 valence electrons. The average molecular weight is 264 g/mol. The summed E-state index contributed by atoms with van der Waals surface area (Å²) in [4.78, 5) is 9.95. The van der Waals surface area contributed by atoms with Gasteiger partial charge in [-0.05, 0) is 38.2 Å². The van der Waals surface area contributed by atoms with Gasteiger partial charge in [0.25, 0.3) is 0 Å². The summed E-state index contributed by atoms with van der Waals surface area (Å²) in [6, 6.07) is 0. The summed E-state index contributed by atoms with van der Waals surface area (Å²) in [5, 5.41) is 0. The fourth-order valence-electron chi connectivity index (χ4n) is 2.21. The van der Waals surface area contributed by atoms with Gasteiger partial charge in [0.2, 0.25) is 0 Å². The minimum Gasteiger partial charge on any atom is -0.234 e. The highest BCUT2D eigenvalue weighted by molar-refractivity contribution is 5.44. The van der Waals surface area contributed by atoms with Gasteiger partial charge in [0, 0.05) is 0 Å². The number of hydrogen-bond donors (Lipinski definition) is 0. The molecule has 0 atom stereocenters. The van der Waals surface area contributed by atoms with Crippen LogP contribution >= 0.6 is 0 Å². The number of carbonyl (C=O) groups excluding carboxylic acids is 1. The summed E-state index contributed by atoms with van der Waals surface area (Å²) in [6.45, 7) is 2.23. The van der Waals surface area contributed by atoms with Crippen molar-refractivity contribution in [2.24, 2.45) is 0 Å². The second-order valence-electron chi connectivity index (χ2n) is 5.34. The standard InChI is InChI=1S/C18H32O/c1-2-3-4-5-6-7-8-9-10-11-12-13-14-15-16-17-18-19/h4-5,17H,2-3,6-16H2,1H3/b5-4+. The monoisotopic (exact) mass is 264 g/mol. The first-order valence-corrected chi connectivity index (χ1v) is 8.26. The summed E-state index contributed by atoms with van der Waals surface area (Å²) in [7, 11) is 0. The maximum atomic E-state index is 9.95. The number of allylic oxidation sites excluding steroid dienone is 3. The number of unbranched alkanes of at least 4 members (excludes halogenated alkanes) is 11. The van der Waals surface area contributed by atoms with Crippen molar-refractivity contribution in [3.8, 4) is 0 Å². The minimum absolute atomic E-state index is 0.912. The molecule has 0 spiro atoms. The molecule has 0 saturated heterocycles. The fraction of sp³-hybridized carbons (Fsp3) is 0.778. The van der Waals surface area contributed by atoms with Crippen molar-refractivity contribution in [2.45, 2.75) is 90.4 Å². The maximum Gasteiger partial charge on any atom is 0.120 e. The topological polar surface area (TPSA) is 17.1 Å². The normalized spacial score (nSPS) is 10.8. The van der Waals surface area contributed by atoms with Gasteiger partial charge in [0.15, 0.2) is 0 Å². The highest BCUT2D eigenvalue weighted by Crippen LogP contribution is 2.11. The molecule has 0 bridgehead atoms. The molecule has 0 fully saturated rings. The Morgan fingerprint density at radius 3 is 1.68 bits per heavy atom. The Hall–Kier alpha value is -0.810. The third kappa shape index (κ3) is 17.2. The summed E-state index contributed by atoms with van der Waals surface area (Å²) in [5.74, 6) is 1.83. The molecule has 0 radical (unpaired) electrons. The van der Waals surface area contributed by atoms with E-state index in [1.54, 1.807) is 6.08 Å². The van der Waals surface area contributed by atoms with Crippen LogP contribution in [0, 0.1) is 0 Å². The van der Waals surface area contributed by atoms with Crippen LogP contribution in [0.15, 0.2) is 18.2 Å². The molecule has 19 heavy (non-hydrogen) atoms. The molecule has 1 nitrogen and oxygen atoms in total. The predicted molar refractivity (Wildman–Crippen MR) is 85.1 cm³/mol. The van der Waals surface area contributed by atoms with Crippen LogP contribution in [0.25, 0.3) is 0 Å². The number of hydrogen-bond acceptors (Lipinski definition) is 1. The lowest BCUT2D eigenvalue weighted by Crippen LogP contribution is -1.81. The van der Waals surface area contributed by atoms with E-state index in [0.29, 0.717) is 0 Å². The third-order valence-corrected chi connectivity index (χ3v) is 3.42. The van der Waals surface area contributed by atoms with E-state index < -0.39 is 0 Å². The second-order valence-corrected chi connectivity index (χ2v) is 5.34. The van der Waals surface area contributed by atoms with E-state index in [0.717, 1.165) is 12.8 Å². The van der Waals surface area contributed by atoms with Crippen molar-refractivity contribution in [3.05, 3.63) is 18.2 Å². The van der Waals surface area contributed by atoms with E-state index in [1.807, 2.05) is 5.94 Å². The van der Waals surface area contributed by atoms with Crippen molar-refractivity contribution in [3.63, 3.8) is 0 Å². The molecule has 0 aromatic rings. The van der Waals surface area contributed by atoms with Gasteiger partial charge in [-0.3, -0.25) is 0 Å². The van der Waals surface area contributed by atoms with E-state index in [4.69, 9.17) is 0 Å². The zero-order valence-electron chi connectivity index (χ0n) is 12.8. The molecule has 0 heterocycles. The first-order chi connectivity index (χ1) is 9.41. The lowest BCUT2D eigenvalue weighted by molar-refractivity contribution is 0.558. The first kappa shape index (κ1) is 18.2. The SMILES string of the molecule is CCC/C=C/CCCCCCCCCCCC=C=O. The van der Waals surface area contributed by atoms with E-state index in [1.165, 1.54) is 70.6 Å². The van der Waals surface area contributed by atoms with Gasteiger partial charge in [-0.1, -0.05) is 70.4 Å². The molecular weight excluding hydrogens is 232 g/mol. The van der Waals surface area contributed by atoms with Gasteiger partial charge in [0.1, 0.15) is 5.94 Å². The van der Waals surface area contributed by atoms with E-state index in [9.17, 15) is 4.79 Å². The second kappa shape index (κ2) is 17.2. The van der Waals surface area contributed by atoms with Gasteiger partial charge in [-0.25, -0.2) is 4.79 Å². The molecule has 0 N–H and O–H groups in total. The predicted octanol–water partition coefficient (Wildman–Crippen LogP) is 6.02. The van der Waals surface area contributed by atoms with Crippen molar-refractivity contribution in [1.29, 1.82) is 0 Å². The molecule has 0 aliphatic carbocycles.